The number of ketones is 1. The van der Waals surface area contributed by atoms with Crippen LogP contribution in [0.25, 0.3) is 0 Å². The maximum absolute atomic E-state index is 13.5. The zero-order valence-electron chi connectivity index (χ0n) is 20.5. The first-order valence-electron chi connectivity index (χ1n) is 11.7. The summed E-state index contributed by atoms with van der Waals surface area (Å²) in [6, 6.07) is 17.6. The molecule has 0 spiro atoms. The van der Waals surface area contributed by atoms with E-state index in [2.05, 4.69) is 10.2 Å². The average Bonchev–Trinajstić information content (AvgIpc) is 3.69. The molecule has 2 aromatic heterocycles. The Labute approximate surface area is 231 Å². The minimum Gasteiger partial charge on any atom is -0.503 e. The van der Waals surface area contributed by atoms with E-state index in [1.165, 1.54) is 46.4 Å². The highest BCUT2D eigenvalue weighted by Gasteiger charge is 2.46. The molecule has 1 atom stereocenters. The number of aromatic nitrogens is 2. The zero-order valence-corrected chi connectivity index (χ0v) is 22.9. The lowest BCUT2D eigenvalue weighted by molar-refractivity contribution is -0.117. The van der Waals surface area contributed by atoms with Gasteiger partial charge in [0.25, 0.3) is 5.91 Å². The molecular weight excluding hydrogens is 543 g/mol. The van der Waals surface area contributed by atoms with Gasteiger partial charge in [-0.2, -0.15) is 0 Å². The van der Waals surface area contributed by atoms with Crippen LogP contribution in [0, 0.1) is 0 Å². The van der Waals surface area contributed by atoms with Crippen molar-refractivity contribution in [2.75, 3.05) is 18.6 Å². The maximum Gasteiger partial charge on any atom is 0.296 e. The van der Waals surface area contributed by atoms with Crippen LogP contribution in [0.1, 0.15) is 33.8 Å². The number of nitrogens with zero attached hydrogens (tertiary/aromatic N) is 3. The van der Waals surface area contributed by atoms with Gasteiger partial charge in [-0.25, -0.2) is 0 Å². The van der Waals surface area contributed by atoms with Crippen LogP contribution in [-0.4, -0.2) is 40.7 Å². The molecule has 2 aromatic carbocycles. The molecule has 1 unspecified atom stereocenters. The molecule has 8 nitrogen and oxygen atoms in total. The predicted octanol–water partition coefficient (Wildman–Crippen LogP) is 6.08. The second kappa shape index (κ2) is 11.4. The Morgan fingerprint density at radius 2 is 1.92 bits per heavy atom. The zero-order chi connectivity index (χ0) is 26.6. The molecule has 0 aliphatic carbocycles. The molecule has 1 aliphatic rings. The van der Waals surface area contributed by atoms with Crippen LogP contribution in [0.3, 0.4) is 0 Å². The van der Waals surface area contributed by atoms with E-state index >= 15 is 0 Å². The number of methoxy groups -OCH3 is 1. The molecule has 3 heterocycles. The SMILES string of the molecule is CCOc1ccc(C2C(C(=O)c3cccs3)=C(O)C(=O)N2c2nnc(SCc3ccccc3)s2)cc1OC. The molecule has 0 radical (unpaired) electrons. The highest BCUT2D eigenvalue weighted by Crippen LogP contribution is 2.45. The lowest BCUT2D eigenvalue weighted by Gasteiger charge is -2.24. The van der Waals surface area contributed by atoms with Crippen LogP contribution in [0.2, 0.25) is 0 Å². The van der Waals surface area contributed by atoms with Gasteiger partial charge in [0, 0.05) is 5.75 Å². The van der Waals surface area contributed by atoms with Crippen molar-refractivity contribution in [2.24, 2.45) is 0 Å². The minimum atomic E-state index is -0.929. The van der Waals surface area contributed by atoms with E-state index in [0.29, 0.717) is 38.6 Å². The van der Waals surface area contributed by atoms with Crippen LogP contribution in [0.15, 0.2) is 81.7 Å². The first-order chi connectivity index (χ1) is 18.5. The van der Waals surface area contributed by atoms with Crippen molar-refractivity contribution in [3.8, 4) is 11.5 Å². The Bertz CT molecular complexity index is 1480. The molecule has 1 N–H and O–H groups in total. The number of benzene rings is 2. The van der Waals surface area contributed by atoms with Crippen molar-refractivity contribution >= 4 is 51.3 Å². The van der Waals surface area contributed by atoms with E-state index in [-0.39, 0.29) is 10.7 Å². The summed E-state index contributed by atoms with van der Waals surface area (Å²) < 4.78 is 11.8. The Kier molecular flexibility index (Phi) is 7.77. The number of hydrogen-bond acceptors (Lipinski definition) is 10. The smallest absolute Gasteiger partial charge is 0.296 e. The van der Waals surface area contributed by atoms with Crippen LogP contribution < -0.4 is 14.4 Å². The number of aliphatic hydroxyl groups excluding tert-OH is 1. The molecule has 0 bridgehead atoms. The summed E-state index contributed by atoms with van der Waals surface area (Å²) >= 11 is 3.97. The van der Waals surface area contributed by atoms with Crippen molar-refractivity contribution in [3.63, 3.8) is 0 Å². The number of ether oxygens (including phenoxy) is 2. The van der Waals surface area contributed by atoms with Gasteiger partial charge in [0.1, 0.15) is 0 Å². The van der Waals surface area contributed by atoms with Gasteiger partial charge in [-0.15, -0.1) is 21.5 Å². The summed E-state index contributed by atoms with van der Waals surface area (Å²) in [5.74, 6) is -0.0658. The third-order valence-corrected chi connectivity index (χ3v) is 8.80. The number of aliphatic hydroxyl groups is 1. The molecule has 0 fully saturated rings. The number of carbonyl (C=O) groups is 2. The van der Waals surface area contributed by atoms with Crippen LogP contribution >= 0.6 is 34.4 Å². The Balaban J connectivity index is 1.53. The molecule has 11 heteroatoms. The number of amides is 1. The Morgan fingerprint density at radius 3 is 2.63 bits per heavy atom. The predicted molar refractivity (Wildman–Crippen MR) is 149 cm³/mol. The molecule has 0 saturated carbocycles. The van der Waals surface area contributed by atoms with Crippen LogP contribution in [0.5, 0.6) is 11.5 Å². The summed E-state index contributed by atoms with van der Waals surface area (Å²) in [5.41, 5.74) is 1.68. The van der Waals surface area contributed by atoms with E-state index in [9.17, 15) is 14.7 Å². The molecule has 38 heavy (non-hydrogen) atoms. The standard InChI is InChI=1S/C27H23N3O5S3/c1-3-35-18-12-11-17(14-19(18)34-2)22-21(23(31)20-10-7-13-36-20)24(32)25(33)30(22)26-28-29-27(38-26)37-15-16-8-5-4-6-9-16/h4-14,22,32H,3,15H2,1-2H3. The normalized spacial score (nSPS) is 15.3. The van der Waals surface area contributed by atoms with Gasteiger partial charge in [-0.05, 0) is 41.6 Å². The van der Waals surface area contributed by atoms with E-state index in [4.69, 9.17) is 9.47 Å². The fourth-order valence-electron chi connectivity index (χ4n) is 4.10. The fourth-order valence-corrected chi connectivity index (χ4v) is 6.60. The molecule has 1 aliphatic heterocycles. The number of thiophene rings is 1. The summed E-state index contributed by atoms with van der Waals surface area (Å²) in [4.78, 5) is 28.7. The van der Waals surface area contributed by atoms with E-state index in [0.717, 1.165) is 5.56 Å². The van der Waals surface area contributed by atoms with Crippen LogP contribution in [-0.2, 0) is 10.5 Å². The summed E-state index contributed by atoms with van der Waals surface area (Å²) in [6.45, 7) is 2.31. The second-order valence-corrected chi connectivity index (χ2v) is 11.2. The number of anilines is 1. The molecule has 194 valence electrons. The molecule has 1 amide bonds. The Hall–Kier alpha value is -3.67. The van der Waals surface area contributed by atoms with Gasteiger partial charge in [0.05, 0.1) is 30.2 Å². The summed E-state index contributed by atoms with van der Waals surface area (Å²) in [7, 11) is 1.52. The largest absolute Gasteiger partial charge is 0.503 e. The van der Waals surface area contributed by atoms with Gasteiger partial charge in [-0.1, -0.05) is 65.6 Å². The number of hydrogen-bond donors (Lipinski definition) is 1. The van der Waals surface area contributed by atoms with Crippen LogP contribution in [0.4, 0.5) is 5.13 Å². The molecule has 0 saturated heterocycles. The van der Waals surface area contributed by atoms with Crippen molar-refractivity contribution in [1.82, 2.24) is 10.2 Å². The van der Waals surface area contributed by atoms with Gasteiger partial charge < -0.3 is 14.6 Å². The third kappa shape index (κ3) is 5.04. The molecule has 4 aromatic rings. The topological polar surface area (TPSA) is 102 Å². The number of Topliss-reactive ketones (excluding diaryl/α,β-unsaturated/α-hetero) is 1. The first kappa shape index (κ1) is 26.0. The van der Waals surface area contributed by atoms with E-state index in [1.807, 2.05) is 37.3 Å². The van der Waals surface area contributed by atoms with E-state index < -0.39 is 23.5 Å². The lowest BCUT2D eigenvalue weighted by atomic mass is 9.95. The first-order valence-corrected chi connectivity index (χ1v) is 14.4. The quantitative estimate of drug-likeness (QED) is 0.140. The van der Waals surface area contributed by atoms with Gasteiger partial charge in [-0.3, -0.25) is 14.5 Å². The average molecular weight is 566 g/mol. The molecular formula is C27H23N3O5S3. The van der Waals surface area contributed by atoms with E-state index in [1.54, 1.807) is 35.7 Å². The van der Waals surface area contributed by atoms with Crippen molar-refractivity contribution < 1.29 is 24.2 Å². The van der Waals surface area contributed by atoms with Crippen molar-refractivity contribution in [1.29, 1.82) is 0 Å². The fraction of sp³-hybridized carbons (Fsp3) is 0.185. The number of thioether (sulfide) groups is 1. The number of rotatable bonds is 10. The summed E-state index contributed by atoms with van der Waals surface area (Å²) in [5, 5.41) is 21.6. The highest BCUT2D eigenvalue weighted by atomic mass is 32.2. The highest BCUT2D eigenvalue weighted by molar-refractivity contribution is 8.00. The van der Waals surface area contributed by atoms with Crippen molar-refractivity contribution in [3.05, 3.63) is 93.4 Å². The lowest BCUT2D eigenvalue weighted by Crippen LogP contribution is -2.31. The van der Waals surface area contributed by atoms with Crippen molar-refractivity contribution in [2.45, 2.75) is 23.1 Å². The Morgan fingerprint density at radius 1 is 1.11 bits per heavy atom. The van der Waals surface area contributed by atoms with Gasteiger partial charge >= 0.3 is 0 Å². The minimum absolute atomic E-state index is 0.0163. The maximum atomic E-state index is 13.5. The van der Waals surface area contributed by atoms with Gasteiger partial charge in [0.15, 0.2) is 21.6 Å². The second-order valence-electron chi connectivity index (χ2n) is 8.11. The molecule has 5 rings (SSSR count). The monoisotopic (exact) mass is 565 g/mol. The summed E-state index contributed by atoms with van der Waals surface area (Å²) in [6.07, 6.45) is 0. The third-order valence-electron chi connectivity index (χ3n) is 5.81. The number of carbonyl (C=O) groups excluding carboxylic acids is 2. The van der Waals surface area contributed by atoms with Gasteiger partial charge in [0.2, 0.25) is 10.9 Å².